The molecule has 0 spiro atoms. The molecule has 0 unspecified atom stereocenters. The summed E-state index contributed by atoms with van der Waals surface area (Å²) in [6.45, 7) is 5.38. The lowest BCUT2D eigenvalue weighted by Gasteiger charge is -2.38. The number of nitrogens with zero attached hydrogens (tertiary/aromatic N) is 3. The van der Waals surface area contributed by atoms with Crippen LogP contribution in [0.2, 0.25) is 0 Å². The van der Waals surface area contributed by atoms with Gasteiger partial charge >= 0.3 is 0 Å². The summed E-state index contributed by atoms with van der Waals surface area (Å²) in [4.78, 5) is 11.1. The van der Waals surface area contributed by atoms with Gasteiger partial charge in [-0.05, 0) is 37.2 Å². The van der Waals surface area contributed by atoms with Gasteiger partial charge in [-0.3, -0.25) is 4.90 Å². The van der Waals surface area contributed by atoms with Crippen molar-refractivity contribution in [3.63, 3.8) is 0 Å². The Hall–Kier alpha value is -1.43. The molecule has 138 valence electrons. The molecule has 2 saturated heterocycles. The van der Waals surface area contributed by atoms with Crippen LogP contribution in [0.15, 0.2) is 36.5 Å². The molecule has 2 aromatic rings. The molecule has 1 saturated carbocycles. The molecule has 26 heavy (non-hydrogen) atoms. The largest absolute Gasteiger partial charge is 0.367 e. The van der Waals surface area contributed by atoms with Crippen LogP contribution >= 0.6 is 11.3 Å². The Balaban J connectivity index is 1.29. The van der Waals surface area contributed by atoms with Gasteiger partial charge < -0.3 is 9.64 Å². The van der Waals surface area contributed by atoms with Crippen molar-refractivity contribution in [3.8, 4) is 0 Å². The lowest BCUT2D eigenvalue weighted by Crippen LogP contribution is -2.44. The summed E-state index contributed by atoms with van der Waals surface area (Å²) in [5.41, 5.74) is 1.31. The summed E-state index contributed by atoms with van der Waals surface area (Å²) < 4.78 is 6.49. The fourth-order valence-corrected chi connectivity index (χ4v) is 5.22. The van der Waals surface area contributed by atoms with E-state index in [9.17, 15) is 0 Å². The second-order valence-electron chi connectivity index (χ2n) is 7.91. The fraction of sp³-hybridized carbons (Fsp3) is 0.571. The first-order valence-electron chi connectivity index (χ1n) is 9.97. The van der Waals surface area contributed by atoms with Crippen molar-refractivity contribution in [2.75, 3.05) is 31.1 Å². The lowest BCUT2D eigenvalue weighted by atomic mass is 10.0. The molecule has 2 aliphatic heterocycles. The van der Waals surface area contributed by atoms with Crippen LogP contribution in [0, 0.1) is 5.92 Å². The van der Waals surface area contributed by atoms with Crippen LogP contribution < -0.4 is 4.90 Å². The Bertz CT molecular complexity index is 724. The Morgan fingerprint density at radius 3 is 2.65 bits per heavy atom. The number of anilines is 1. The van der Waals surface area contributed by atoms with E-state index in [2.05, 4.69) is 46.3 Å². The number of hydrogen-bond donors (Lipinski definition) is 0. The number of hydrogen-bond acceptors (Lipinski definition) is 5. The molecule has 5 rings (SSSR count). The molecule has 0 N–H and O–H groups in total. The van der Waals surface area contributed by atoms with Crippen molar-refractivity contribution in [2.45, 2.75) is 44.4 Å². The molecule has 0 bridgehead atoms. The monoisotopic (exact) mass is 369 g/mol. The predicted octanol–water partition coefficient (Wildman–Crippen LogP) is 4.10. The number of thiazole rings is 1. The molecule has 0 amide bonds. The normalized spacial score (nSPS) is 27.2. The van der Waals surface area contributed by atoms with E-state index in [0.29, 0.717) is 6.10 Å². The van der Waals surface area contributed by atoms with Crippen LogP contribution in [0.5, 0.6) is 0 Å². The Labute approximate surface area is 159 Å². The van der Waals surface area contributed by atoms with E-state index in [1.165, 1.54) is 54.3 Å². The Morgan fingerprint density at radius 2 is 1.88 bits per heavy atom. The summed E-state index contributed by atoms with van der Waals surface area (Å²) in [6, 6.07) is 10.7. The molecule has 2 atom stereocenters. The second-order valence-corrected chi connectivity index (χ2v) is 9.00. The van der Waals surface area contributed by atoms with Crippen molar-refractivity contribution in [1.29, 1.82) is 0 Å². The Morgan fingerprint density at radius 1 is 1.08 bits per heavy atom. The van der Waals surface area contributed by atoms with Gasteiger partial charge in [-0.15, -0.1) is 11.3 Å². The number of morpholine rings is 1. The van der Waals surface area contributed by atoms with Crippen LogP contribution in [0.4, 0.5) is 5.13 Å². The molecule has 1 aromatic carbocycles. The molecule has 3 fully saturated rings. The third-order valence-corrected chi connectivity index (χ3v) is 6.86. The van der Waals surface area contributed by atoms with Gasteiger partial charge in [0.05, 0.1) is 12.2 Å². The lowest BCUT2D eigenvalue weighted by molar-refractivity contribution is -0.0984. The third kappa shape index (κ3) is 3.66. The van der Waals surface area contributed by atoms with Gasteiger partial charge in [-0.1, -0.05) is 30.3 Å². The van der Waals surface area contributed by atoms with Crippen LogP contribution in [0.25, 0.3) is 0 Å². The molecule has 4 nitrogen and oxygen atoms in total. The third-order valence-electron chi connectivity index (χ3n) is 5.82. The summed E-state index contributed by atoms with van der Waals surface area (Å²) in [5, 5.41) is 1.21. The fourth-order valence-electron chi connectivity index (χ4n) is 4.21. The van der Waals surface area contributed by atoms with Crippen molar-refractivity contribution >= 4 is 16.5 Å². The van der Waals surface area contributed by atoms with Gasteiger partial charge in [-0.2, -0.15) is 0 Å². The smallest absolute Gasteiger partial charge is 0.185 e. The number of aromatic nitrogens is 1. The maximum Gasteiger partial charge on any atom is 0.185 e. The maximum absolute atomic E-state index is 6.49. The van der Waals surface area contributed by atoms with E-state index >= 15 is 0 Å². The zero-order valence-electron chi connectivity index (χ0n) is 15.2. The van der Waals surface area contributed by atoms with Crippen LogP contribution in [0.3, 0.4) is 0 Å². The summed E-state index contributed by atoms with van der Waals surface area (Å²) >= 11 is 1.88. The van der Waals surface area contributed by atoms with Crippen LogP contribution in [-0.4, -0.2) is 42.2 Å². The molecule has 1 aromatic heterocycles. The minimum Gasteiger partial charge on any atom is -0.367 e. The highest BCUT2D eigenvalue weighted by atomic mass is 32.1. The zero-order valence-corrected chi connectivity index (χ0v) is 16.0. The molecule has 3 aliphatic rings. The summed E-state index contributed by atoms with van der Waals surface area (Å²) in [5.74, 6) is 0.769. The van der Waals surface area contributed by atoms with Crippen LogP contribution in [-0.2, 0) is 11.3 Å². The van der Waals surface area contributed by atoms with Gasteiger partial charge in [0.15, 0.2) is 5.13 Å². The minimum atomic E-state index is 0.196. The van der Waals surface area contributed by atoms with Crippen molar-refractivity contribution in [3.05, 3.63) is 47.0 Å². The highest BCUT2D eigenvalue weighted by Gasteiger charge is 2.38. The van der Waals surface area contributed by atoms with E-state index in [4.69, 9.17) is 9.72 Å². The summed E-state index contributed by atoms with van der Waals surface area (Å²) in [7, 11) is 0. The quantitative estimate of drug-likeness (QED) is 0.793. The SMILES string of the molecule is c1ccc([C@@H]2CN(Cc3cnc(N4CCCC4)s3)C[C@H](C3CC3)O2)cc1. The Kier molecular flexibility index (Phi) is 4.69. The summed E-state index contributed by atoms with van der Waals surface area (Å²) in [6.07, 6.45) is 7.96. The first-order chi connectivity index (χ1) is 12.8. The molecular formula is C21H27N3OS. The van der Waals surface area contributed by atoms with Gasteiger partial charge in [0.25, 0.3) is 0 Å². The predicted molar refractivity (Wildman–Crippen MR) is 106 cm³/mol. The topological polar surface area (TPSA) is 28.6 Å². The number of ether oxygens (including phenoxy) is 1. The van der Waals surface area contributed by atoms with E-state index in [0.717, 1.165) is 25.6 Å². The molecular weight excluding hydrogens is 342 g/mol. The highest BCUT2D eigenvalue weighted by molar-refractivity contribution is 7.15. The van der Waals surface area contributed by atoms with Gasteiger partial charge in [0, 0.05) is 43.8 Å². The van der Waals surface area contributed by atoms with Gasteiger partial charge in [-0.25, -0.2) is 4.98 Å². The highest BCUT2D eigenvalue weighted by Crippen LogP contribution is 2.40. The van der Waals surface area contributed by atoms with Crippen LogP contribution in [0.1, 0.15) is 42.2 Å². The maximum atomic E-state index is 6.49. The van der Waals surface area contributed by atoms with E-state index < -0.39 is 0 Å². The standard InChI is InChI=1S/C21H27N3OS/c1-2-6-16(7-3-1)19-14-23(15-20(25-19)17-8-9-17)13-18-12-22-21(26-18)24-10-4-5-11-24/h1-3,6-7,12,17,19-20H,4-5,8-11,13-15H2/t19-,20+/m0/s1. The van der Waals surface area contributed by atoms with E-state index in [1.54, 1.807) is 0 Å². The average molecular weight is 370 g/mol. The number of benzene rings is 1. The molecule has 5 heteroatoms. The molecule has 3 heterocycles. The molecule has 0 radical (unpaired) electrons. The first kappa shape index (κ1) is 16.7. The van der Waals surface area contributed by atoms with E-state index in [-0.39, 0.29) is 6.10 Å². The van der Waals surface area contributed by atoms with Crippen molar-refractivity contribution < 1.29 is 4.74 Å². The van der Waals surface area contributed by atoms with Gasteiger partial charge in [0.2, 0.25) is 0 Å². The van der Waals surface area contributed by atoms with Crippen molar-refractivity contribution in [2.24, 2.45) is 5.92 Å². The second kappa shape index (κ2) is 7.29. The first-order valence-corrected chi connectivity index (χ1v) is 10.8. The average Bonchev–Trinajstić information content (AvgIpc) is 3.19. The van der Waals surface area contributed by atoms with E-state index in [1.807, 2.05) is 11.3 Å². The minimum absolute atomic E-state index is 0.196. The zero-order chi connectivity index (χ0) is 17.3. The number of rotatable bonds is 5. The molecule has 1 aliphatic carbocycles. The van der Waals surface area contributed by atoms with Crippen molar-refractivity contribution in [1.82, 2.24) is 9.88 Å². The van der Waals surface area contributed by atoms with Gasteiger partial charge in [0.1, 0.15) is 0 Å².